The van der Waals surface area contributed by atoms with Crippen molar-refractivity contribution in [3.63, 3.8) is 0 Å². The molecule has 0 aliphatic heterocycles. The molecule has 248 valence electrons. The number of aromatic nitrogens is 1. The first-order valence-electron chi connectivity index (χ1n) is 15.4. The van der Waals surface area contributed by atoms with E-state index in [1.165, 1.54) is 27.3 Å². The van der Waals surface area contributed by atoms with Crippen LogP contribution >= 0.6 is 0 Å². The van der Waals surface area contributed by atoms with Crippen LogP contribution in [0.4, 0.5) is 0 Å². The standard InChI is InChI=1S/C36H40N2O9/c1-21(2)36(43)47-33-22(3)30(40)32(42)26(17-28(39)31(41)25(33)16-23-12-8-6-9-13-23)37-18-27-34(35(45-5)29(44-4)19-38-27)46-20-24-14-10-7-11-15-24/h6-15,19,21-22,25-26,33,37H,16-18,20H2,1-5H3/t22-,25+,26+,33-/m1/s1. The maximum atomic E-state index is 13.8. The summed E-state index contributed by atoms with van der Waals surface area (Å²) in [7, 11) is 2.91. The summed E-state index contributed by atoms with van der Waals surface area (Å²) in [6.45, 7) is 4.73. The van der Waals surface area contributed by atoms with Crippen LogP contribution in [-0.2, 0) is 48.3 Å². The van der Waals surface area contributed by atoms with Crippen LogP contribution in [0.25, 0.3) is 0 Å². The molecule has 0 spiro atoms. The molecule has 0 bridgehead atoms. The molecule has 2 aromatic carbocycles. The zero-order valence-corrected chi connectivity index (χ0v) is 27.2. The zero-order valence-electron chi connectivity index (χ0n) is 27.2. The molecule has 11 heteroatoms. The van der Waals surface area contributed by atoms with Gasteiger partial charge >= 0.3 is 5.97 Å². The summed E-state index contributed by atoms with van der Waals surface area (Å²) in [5.74, 6) is -6.17. The van der Waals surface area contributed by atoms with Gasteiger partial charge in [0.2, 0.25) is 28.9 Å². The number of benzene rings is 2. The fourth-order valence-electron chi connectivity index (χ4n) is 5.38. The number of Topliss-reactive ketones (excluding diaryl/α,β-unsaturated/α-hetero) is 4. The molecule has 0 amide bonds. The van der Waals surface area contributed by atoms with Gasteiger partial charge in [-0.25, -0.2) is 0 Å². The lowest BCUT2D eigenvalue weighted by molar-refractivity contribution is -0.163. The second-order valence-corrected chi connectivity index (χ2v) is 11.7. The van der Waals surface area contributed by atoms with E-state index in [9.17, 15) is 24.0 Å². The normalized spacial score (nSPS) is 20.3. The lowest BCUT2D eigenvalue weighted by Crippen LogP contribution is -2.46. The second kappa shape index (κ2) is 16.1. The van der Waals surface area contributed by atoms with Crippen molar-refractivity contribution in [3.05, 3.63) is 83.7 Å². The predicted octanol–water partition coefficient (Wildman–Crippen LogP) is 3.88. The highest BCUT2D eigenvalue weighted by Gasteiger charge is 2.46. The van der Waals surface area contributed by atoms with Crippen LogP contribution in [-0.4, -0.2) is 60.5 Å². The quantitative estimate of drug-likeness (QED) is 0.226. The summed E-state index contributed by atoms with van der Waals surface area (Å²) in [6.07, 6.45) is -0.412. The molecular formula is C36H40N2O9. The molecule has 47 heavy (non-hydrogen) atoms. The minimum atomic E-state index is -1.35. The molecule has 1 heterocycles. The third-order valence-corrected chi connectivity index (χ3v) is 8.08. The first-order valence-corrected chi connectivity index (χ1v) is 15.4. The van der Waals surface area contributed by atoms with E-state index in [4.69, 9.17) is 18.9 Å². The molecule has 1 aromatic heterocycles. The highest BCUT2D eigenvalue weighted by Crippen LogP contribution is 2.39. The summed E-state index contributed by atoms with van der Waals surface area (Å²) >= 11 is 0. The minimum absolute atomic E-state index is 0.0447. The Morgan fingerprint density at radius 3 is 2.11 bits per heavy atom. The van der Waals surface area contributed by atoms with Crippen LogP contribution in [0.3, 0.4) is 0 Å². The van der Waals surface area contributed by atoms with Gasteiger partial charge in [-0.2, -0.15) is 0 Å². The number of ketones is 4. The number of rotatable bonds is 12. The van der Waals surface area contributed by atoms with E-state index in [1.54, 1.807) is 38.1 Å². The van der Waals surface area contributed by atoms with E-state index in [2.05, 4.69) is 10.3 Å². The number of carbonyl (C=O) groups excluding carboxylic acids is 5. The number of nitrogens with one attached hydrogen (secondary N) is 1. The average Bonchev–Trinajstić information content (AvgIpc) is 3.10. The Morgan fingerprint density at radius 2 is 1.51 bits per heavy atom. The van der Waals surface area contributed by atoms with Crippen molar-refractivity contribution in [2.75, 3.05) is 14.2 Å². The van der Waals surface area contributed by atoms with Crippen LogP contribution in [0.2, 0.25) is 0 Å². The smallest absolute Gasteiger partial charge is 0.308 e. The van der Waals surface area contributed by atoms with Gasteiger partial charge in [0.1, 0.15) is 18.4 Å². The molecule has 3 aromatic rings. The predicted molar refractivity (Wildman–Crippen MR) is 171 cm³/mol. The molecule has 11 nitrogen and oxygen atoms in total. The molecule has 1 fully saturated rings. The highest BCUT2D eigenvalue weighted by molar-refractivity contribution is 6.44. The van der Waals surface area contributed by atoms with Gasteiger partial charge in [-0.05, 0) is 17.5 Å². The lowest BCUT2D eigenvalue weighted by atomic mass is 9.81. The third kappa shape index (κ3) is 8.48. The summed E-state index contributed by atoms with van der Waals surface area (Å²) in [4.78, 5) is 71.8. The molecule has 1 saturated carbocycles. The van der Waals surface area contributed by atoms with E-state index < -0.39 is 65.4 Å². The van der Waals surface area contributed by atoms with Gasteiger partial charge in [-0.1, -0.05) is 81.4 Å². The molecule has 0 unspecified atom stereocenters. The molecule has 1 aliphatic rings. The van der Waals surface area contributed by atoms with E-state index in [1.807, 2.05) is 36.4 Å². The SMILES string of the molecule is COc1cnc(CN[C@H]2CC(=O)C(=O)[C@H](Cc3ccccc3)[C@H](OC(=O)C(C)C)[C@H](C)C(=O)C2=O)c(OCc2ccccc2)c1OC. The van der Waals surface area contributed by atoms with Gasteiger partial charge < -0.3 is 24.3 Å². The van der Waals surface area contributed by atoms with Crippen LogP contribution in [0.5, 0.6) is 17.2 Å². The number of nitrogens with zero attached hydrogens (tertiary/aromatic N) is 1. The Bertz CT molecular complexity index is 1590. The summed E-state index contributed by atoms with van der Waals surface area (Å²) < 4.78 is 22.8. The first-order chi connectivity index (χ1) is 22.5. The van der Waals surface area contributed by atoms with Crippen molar-refractivity contribution < 1.29 is 42.9 Å². The summed E-state index contributed by atoms with van der Waals surface area (Å²) in [6, 6.07) is 17.0. The van der Waals surface area contributed by atoms with Gasteiger partial charge in [0, 0.05) is 13.0 Å². The molecule has 1 N–H and O–H groups in total. The van der Waals surface area contributed by atoms with Crippen LogP contribution in [0.15, 0.2) is 66.9 Å². The highest BCUT2D eigenvalue weighted by atomic mass is 16.5. The van der Waals surface area contributed by atoms with Gasteiger partial charge in [-0.15, -0.1) is 0 Å². The summed E-state index contributed by atoms with van der Waals surface area (Å²) in [5, 5.41) is 2.96. The van der Waals surface area contributed by atoms with E-state index in [0.29, 0.717) is 17.0 Å². The number of pyridine rings is 1. The van der Waals surface area contributed by atoms with E-state index >= 15 is 0 Å². The number of hydrogen-bond acceptors (Lipinski definition) is 11. The Kier molecular flexibility index (Phi) is 12.0. The molecule has 1 aliphatic carbocycles. The Balaban J connectivity index is 1.65. The van der Waals surface area contributed by atoms with Crippen molar-refractivity contribution in [2.24, 2.45) is 17.8 Å². The van der Waals surface area contributed by atoms with Crippen molar-refractivity contribution in [1.29, 1.82) is 0 Å². The fourth-order valence-corrected chi connectivity index (χ4v) is 5.38. The zero-order chi connectivity index (χ0) is 34.1. The van der Waals surface area contributed by atoms with Gasteiger partial charge in [-0.3, -0.25) is 29.0 Å². The monoisotopic (exact) mass is 644 g/mol. The van der Waals surface area contributed by atoms with Gasteiger partial charge in [0.15, 0.2) is 11.5 Å². The number of hydrogen-bond donors (Lipinski definition) is 1. The molecule has 0 saturated heterocycles. The van der Waals surface area contributed by atoms with Crippen LogP contribution in [0.1, 0.15) is 44.0 Å². The maximum absolute atomic E-state index is 13.8. The third-order valence-electron chi connectivity index (χ3n) is 8.08. The van der Waals surface area contributed by atoms with Crippen LogP contribution < -0.4 is 19.5 Å². The number of methoxy groups -OCH3 is 2. The lowest BCUT2D eigenvalue weighted by Gasteiger charge is -2.29. The molecule has 4 rings (SSSR count). The number of carbonyl (C=O) groups is 5. The van der Waals surface area contributed by atoms with Gasteiger partial charge in [0.05, 0.1) is 44.2 Å². The Morgan fingerprint density at radius 1 is 0.872 bits per heavy atom. The second-order valence-electron chi connectivity index (χ2n) is 11.7. The first kappa shape index (κ1) is 35.0. The van der Waals surface area contributed by atoms with Crippen molar-refractivity contribution in [1.82, 2.24) is 10.3 Å². The molecule has 4 atom stereocenters. The Labute approximate surface area is 274 Å². The van der Waals surface area contributed by atoms with Crippen LogP contribution in [0, 0.1) is 17.8 Å². The number of esters is 1. The topological polar surface area (TPSA) is 147 Å². The minimum Gasteiger partial charge on any atom is -0.491 e. The largest absolute Gasteiger partial charge is 0.491 e. The van der Waals surface area contributed by atoms with E-state index in [0.717, 1.165) is 5.56 Å². The summed E-state index contributed by atoms with van der Waals surface area (Å²) in [5.41, 5.74) is 1.91. The maximum Gasteiger partial charge on any atom is 0.308 e. The fraction of sp³-hybridized carbons (Fsp3) is 0.389. The van der Waals surface area contributed by atoms with Crippen molar-refractivity contribution in [2.45, 2.75) is 58.9 Å². The molecular weight excluding hydrogens is 604 g/mol. The Hall–Kier alpha value is -4.90. The van der Waals surface area contributed by atoms with Crippen molar-refractivity contribution in [3.8, 4) is 17.2 Å². The number of ether oxygens (including phenoxy) is 4. The van der Waals surface area contributed by atoms with Gasteiger partial charge in [0.25, 0.3) is 0 Å². The average molecular weight is 645 g/mol. The molecule has 0 radical (unpaired) electrons. The van der Waals surface area contributed by atoms with Crippen molar-refractivity contribution >= 4 is 29.1 Å². The van der Waals surface area contributed by atoms with E-state index in [-0.39, 0.29) is 31.1 Å².